The van der Waals surface area contributed by atoms with Crippen molar-refractivity contribution in [3.8, 4) is 11.3 Å². The summed E-state index contributed by atoms with van der Waals surface area (Å²) >= 11 is 1.56. The third kappa shape index (κ3) is 1.61. The molecule has 0 aliphatic heterocycles. The van der Waals surface area contributed by atoms with E-state index in [4.69, 9.17) is 9.52 Å². The molecule has 5 nitrogen and oxygen atoms in total. The Labute approximate surface area is 118 Å². The van der Waals surface area contributed by atoms with E-state index in [2.05, 4.69) is 9.38 Å². The summed E-state index contributed by atoms with van der Waals surface area (Å²) in [7, 11) is 0. The van der Waals surface area contributed by atoms with Crippen LogP contribution in [0.5, 0.6) is 0 Å². The van der Waals surface area contributed by atoms with Gasteiger partial charge in [-0.05, 0) is 18.9 Å². The van der Waals surface area contributed by atoms with Crippen molar-refractivity contribution in [3.05, 3.63) is 34.9 Å². The van der Waals surface area contributed by atoms with Gasteiger partial charge < -0.3 is 9.52 Å². The summed E-state index contributed by atoms with van der Waals surface area (Å²) < 4.78 is 7.59. The quantitative estimate of drug-likeness (QED) is 0.804. The molecule has 0 bridgehead atoms. The summed E-state index contributed by atoms with van der Waals surface area (Å²) in [6, 6.07) is 1.96. The number of thiazole rings is 1. The average Bonchev–Trinajstić information content (AvgIpc) is 3.09. The van der Waals surface area contributed by atoms with Crippen molar-refractivity contribution >= 4 is 22.3 Å². The van der Waals surface area contributed by atoms with Crippen molar-refractivity contribution in [2.45, 2.75) is 25.7 Å². The molecule has 0 aromatic carbocycles. The van der Waals surface area contributed by atoms with Crippen LogP contribution in [-0.4, -0.2) is 20.5 Å². The topological polar surface area (TPSA) is 67.7 Å². The number of fused-ring (bicyclic) bond motifs is 5. The molecule has 1 aliphatic carbocycles. The van der Waals surface area contributed by atoms with Crippen LogP contribution in [0.15, 0.2) is 22.1 Å². The van der Waals surface area contributed by atoms with E-state index in [1.807, 2.05) is 11.4 Å². The van der Waals surface area contributed by atoms with Crippen LogP contribution >= 0.6 is 11.3 Å². The third-order valence-corrected chi connectivity index (χ3v) is 4.59. The van der Waals surface area contributed by atoms with Gasteiger partial charge in [0.2, 0.25) is 0 Å². The van der Waals surface area contributed by atoms with Crippen molar-refractivity contribution in [1.29, 1.82) is 0 Å². The van der Waals surface area contributed by atoms with Crippen molar-refractivity contribution in [1.82, 2.24) is 9.38 Å². The minimum atomic E-state index is -0.768. The average molecular weight is 288 g/mol. The summed E-state index contributed by atoms with van der Waals surface area (Å²) in [4.78, 5) is 16.4. The van der Waals surface area contributed by atoms with Crippen molar-refractivity contribution < 1.29 is 14.3 Å². The molecule has 0 spiro atoms. The number of rotatable bonds is 3. The largest absolute Gasteiger partial charge is 0.481 e. The molecule has 0 saturated carbocycles. The molecule has 1 N–H and O–H groups in total. The molecule has 3 heterocycles. The maximum absolute atomic E-state index is 10.8. The summed E-state index contributed by atoms with van der Waals surface area (Å²) in [6.45, 7) is 0. The molecule has 3 aromatic heterocycles. The smallest absolute Gasteiger partial charge is 0.303 e. The number of nitrogens with zero attached hydrogens (tertiary/aromatic N) is 2. The number of furan rings is 1. The molecule has 4 rings (SSSR count). The Bertz CT molecular complexity index is 812. The van der Waals surface area contributed by atoms with Gasteiger partial charge in [-0.3, -0.25) is 9.20 Å². The first-order valence-corrected chi connectivity index (χ1v) is 7.38. The lowest BCUT2D eigenvalue weighted by Gasteiger charge is -2.11. The fourth-order valence-corrected chi connectivity index (χ4v) is 3.75. The van der Waals surface area contributed by atoms with Gasteiger partial charge >= 0.3 is 5.97 Å². The zero-order valence-electron chi connectivity index (χ0n) is 10.6. The number of carbonyl (C=O) groups is 1. The van der Waals surface area contributed by atoms with Gasteiger partial charge in [0, 0.05) is 23.1 Å². The van der Waals surface area contributed by atoms with Crippen LogP contribution in [0.2, 0.25) is 0 Å². The molecule has 20 heavy (non-hydrogen) atoms. The van der Waals surface area contributed by atoms with Crippen LogP contribution in [0, 0.1) is 0 Å². The molecule has 0 saturated heterocycles. The number of hydrogen-bond acceptors (Lipinski definition) is 4. The van der Waals surface area contributed by atoms with Crippen LogP contribution in [0.25, 0.3) is 16.2 Å². The van der Waals surface area contributed by atoms with Crippen LogP contribution in [0.1, 0.15) is 23.6 Å². The summed E-state index contributed by atoms with van der Waals surface area (Å²) in [6.07, 6.45) is 4.15. The predicted molar refractivity (Wildman–Crippen MR) is 74.1 cm³/mol. The lowest BCUT2D eigenvalue weighted by molar-refractivity contribution is -0.136. The normalized spacial score (nSPS) is 13.4. The molecule has 0 fully saturated rings. The van der Waals surface area contributed by atoms with Gasteiger partial charge in [0.05, 0.1) is 24.1 Å². The minimum absolute atomic E-state index is 0.149. The number of carboxylic acid groups (broad SMARTS) is 1. The number of hydrogen-bond donors (Lipinski definition) is 1. The van der Waals surface area contributed by atoms with Gasteiger partial charge in [-0.2, -0.15) is 0 Å². The number of imidazole rings is 1. The lowest BCUT2D eigenvalue weighted by atomic mass is 9.99. The van der Waals surface area contributed by atoms with Crippen LogP contribution in [-0.2, 0) is 24.1 Å². The number of aromatic nitrogens is 2. The molecule has 1 aliphatic rings. The molecule has 0 atom stereocenters. The van der Waals surface area contributed by atoms with Crippen LogP contribution in [0.3, 0.4) is 0 Å². The minimum Gasteiger partial charge on any atom is -0.481 e. The third-order valence-electron chi connectivity index (χ3n) is 3.71. The van der Waals surface area contributed by atoms with E-state index in [1.54, 1.807) is 17.6 Å². The van der Waals surface area contributed by atoms with E-state index in [9.17, 15) is 4.79 Å². The molecular formula is C14H12N2O3S. The molecule has 102 valence electrons. The standard InChI is InChI=1S/C14H12N2O3S/c17-12(18)4-1-8-7-20-14-15-13-9-5-6-19-11(9)3-2-10(13)16(8)14/h5-7H,1-4H2,(H,17,18). The number of aryl methyl sites for hydroxylation is 3. The highest BCUT2D eigenvalue weighted by Crippen LogP contribution is 2.36. The van der Waals surface area contributed by atoms with E-state index in [1.165, 1.54) is 5.69 Å². The summed E-state index contributed by atoms with van der Waals surface area (Å²) in [5, 5.41) is 10.9. The number of aliphatic carboxylic acids is 1. The van der Waals surface area contributed by atoms with Gasteiger partial charge in [-0.15, -0.1) is 11.3 Å². The Morgan fingerprint density at radius 2 is 2.40 bits per heavy atom. The van der Waals surface area contributed by atoms with Gasteiger partial charge in [0.25, 0.3) is 0 Å². The zero-order valence-corrected chi connectivity index (χ0v) is 11.4. The van der Waals surface area contributed by atoms with E-state index in [-0.39, 0.29) is 6.42 Å². The monoisotopic (exact) mass is 288 g/mol. The fraction of sp³-hybridized carbons (Fsp3) is 0.286. The molecule has 0 unspecified atom stereocenters. The second-order valence-corrected chi connectivity index (χ2v) is 5.74. The highest BCUT2D eigenvalue weighted by molar-refractivity contribution is 7.15. The zero-order chi connectivity index (χ0) is 13.7. The first-order chi connectivity index (χ1) is 9.74. The molecule has 0 amide bonds. The molecule has 6 heteroatoms. The Morgan fingerprint density at radius 3 is 3.25 bits per heavy atom. The highest BCUT2D eigenvalue weighted by atomic mass is 32.1. The Hall–Kier alpha value is -2.08. The second-order valence-electron chi connectivity index (χ2n) is 4.90. The Balaban J connectivity index is 1.85. The van der Waals surface area contributed by atoms with Crippen LogP contribution < -0.4 is 0 Å². The Morgan fingerprint density at radius 1 is 1.50 bits per heavy atom. The highest BCUT2D eigenvalue weighted by Gasteiger charge is 2.25. The first kappa shape index (κ1) is 11.7. The van der Waals surface area contributed by atoms with E-state index in [0.29, 0.717) is 6.42 Å². The maximum atomic E-state index is 10.8. The summed E-state index contributed by atoms with van der Waals surface area (Å²) in [5.41, 5.74) is 4.28. The first-order valence-electron chi connectivity index (χ1n) is 6.50. The lowest BCUT2D eigenvalue weighted by Crippen LogP contribution is -2.06. The van der Waals surface area contributed by atoms with Gasteiger partial charge in [-0.25, -0.2) is 4.98 Å². The summed E-state index contributed by atoms with van der Waals surface area (Å²) in [5.74, 6) is 0.228. The van der Waals surface area contributed by atoms with E-state index in [0.717, 1.165) is 40.5 Å². The van der Waals surface area contributed by atoms with Crippen molar-refractivity contribution in [2.75, 3.05) is 0 Å². The number of carboxylic acids is 1. The molecular weight excluding hydrogens is 276 g/mol. The molecule has 3 aromatic rings. The Kier molecular flexibility index (Phi) is 2.47. The van der Waals surface area contributed by atoms with E-state index >= 15 is 0 Å². The van der Waals surface area contributed by atoms with Crippen molar-refractivity contribution in [2.24, 2.45) is 0 Å². The van der Waals surface area contributed by atoms with E-state index < -0.39 is 5.97 Å². The van der Waals surface area contributed by atoms with Gasteiger partial charge in [0.1, 0.15) is 5.76 Å². The molecule has 0 radical (unpaired) electrons. The van der Waals surface area contributed by atoms with Crippen LogP contribution in [0.4, 0.5) is 0 Å². The second kappa shape index (κ2) is 4.21. The van der Waals surface area contributed by atoms with Gasteiger partial charge in [-0.1, -0.05) is 0 Å². The maximum Gasteiger partial charge on any atom is 0.303 e. The van der Waals surface area contributed by atoms with Gasteiger partial charge in [0.15, 0.2) is 4.96 Å². The fourth-order valence-electron chi connectivity index (χ4n) is 2.81. The SMILES string of the molecule is O=C(O)CCc1csc2nc3c(n12)CCc1occc1-3. The predicted octanol–water partition coefficient (Wildman–Crippen LogP) is 2.77. The van der Waals surface area contributed by atoms with Crippen molar-refractivity contribution in [3.63, 3.8) is 0 Å².